The third-order valence-electron chi connectivity index (χ3n) is 2.66. The molecule has 78 valence electrons. The highest BCUT2D eigenvalue weighted by Gasteiger charge is 2.21. The fourth-order valence-electron chi connectivity index (χ4n) is 1.20. The maximum Gasteiger partial charge on any atom is 0.0772 e. The van der Waals surface area contributed by atoms with Gasteiger partial charge >= 0.3 is 0 Å². The van der Waals surface area contributed by atoms with Crippen LogP contribution in [-0.2, 0) is 0 Å². The van der Waals surface area contributed by atoms with Crippen LogP contribution < -0.4 is 0 Å². The van der Waals surface area contributed by atoms with Crippen molar-refractivity contribution < 1.29 is 5.11 Å². The molecule has 3 heteroatoms. The van der Waals surface area contributed by atoms with Crippen LogP contribution >= 0.6 is 0 Å². The Morgan fingerprint density at radius 3 is 2.08 bits per heavy atom. The molecule has 0 radical (unpaired) electrons. The predicted octanol–water partition coefficient (Wildman–Crippen LogP) is 3.05. The van der Waals surface area contributed by atoms with Gasteiger partial charge in [-0.3, -0.25) is 0 Å². The lowest BCUT2D eigenvalue weighted by atomic mass is 10.6. The van der Waals surface area contributed by atoms with Gasteiger partial charge in [0.15, 0.2) is 0 Å². The first kappa shape index (κ1) is 13.1. The second kappa shape index (κ2) is 5.12. The molecule has 0 aliphatic heterocycles. The van der Waals surface area contributed by atoms with Gasteiger partial charge in [-0.15, -0.1) is 12.3 Å². The van der Waals surface area contributed by atoms with Gasteiger partial charge in [-0.05, 0) is 0 Å². The van der Waals surface area contributed by atoms with Gasteiger partial charge in [-0.2, -0.15) is 0 Å². The summed E-state index contributed by atoms with van der Waals surface area (Å²) in [6, 6.07) is 2.58. The van der Waals surface area contributed by atoms with Crippen LogP contribution in [0.5, 0.6) is 0 Å². The van der Waals surface area contributed by atoms with Crippen LogP contribution in [0.3, 0.4) is 0 Å². The summed E-state index contributed by atoms with van der Waals surface area (Å²) in [5, 5.41) is 9.13. The maximum atomic E-state index is 9.13. The monoisotopic (exact) mass is 216 g/mol. The molecule has 0 amide bonds. The molecule has 1 N–H and O–H groups in total. The van der Waals surface area contributed by atoms with Gasteiger partial charge in [0.25, 0.3) is 0 Å². The Morgan fingerprint density at radius 1 is 1.15 bits per heavy atom. The summed E-state index contributed by atoms with van der Waals surface area (Å²) in [4.78, 5) is 0. The minimum Gasteiger partial charge on any atom is -0.400 e. The average molecular weight is 216 g/mol. The van der Waals surface area contributed by atoms with E-state index in [4.69, 9.17) is 5.11 Å². The Hall–Kier alpha value is 0.134. The molecule has 0 atom stereocenters. The minimum absolute atomic E-state index is 0.434. The zero-order valence-electron chi connectivity index (χ0n) is 9.56. The van der Waals surface area contributed by atoms with Crippen molar-refractivity contribution >= 4 is 16.1 Å². The highest BCUT2D eigenvalue weighted by molar-refractivity contribution is 6.82. The lowest BCUT2D eigenvalue weighted by molar-refractivity contribution is 0.357. The van der Waals surface area contributed by atoms with E-state index in [0.29, 0.717) is 6.23 Å². The number of hydrogen-bond acceptors (Lipinski definition) is 1. The van der Waals surface area contributed by atoms with E-state index in [9.17, 15) is 0 Å². The van der Waals surface area contributed by atoms with Gasteiger partial charge in [0.2, 0.25) is 0 Å². The van der Waals surface area contributed by atoms with Crippen molar-refractivity contribution in [2.75, 3.05) is 6.23 Å². The zero-order valence-corrected chi connectivity index (χ0v) is 11.6. The molecule has 0 saturated heterocycles. The third-order valence-corrected chi connectivity index (χ3v) is 7.97. The number of aliphatic hydroxyl groups excluding tert-OH is 1. The topological polar surface area (TPSA) is 20.2 Å². The van der Waals surface area contributed by atoms with Gasteiger partial charge in [-0.1, -0.05) is 44.7 Å². The Kier molecular flexibility index (Phi) is 5.18. The van der Waals surface area contributed by atoms with Crippen LogP contribution in [-0.4, -0.2) is 27.5 Å². The number of hydrogen-bond donors (Lipinski definition) is 1. The van der Waals surface area contributed by atoms with Crippen molar-refractivity contribution in [2.45, 2.75) is 44.7 Å². The van der Waals surface area contributed by atoms with Crippen molar-refractivity contribution in [3.05, 3.63) is 12.3 Å². The second-order valence-electron chi connectivity index (χ2n) is 5.37. The average Bonchev–Trinajstić information content (AvgIpc) is 2.04. The van der Waals surface area contributed by atoms with E-state index < -0.39 is 16.1 Å². The third kappa shape index (κ3) is 6.24. The fraction of sp³-hybridized carbons (Fsp3) is 0.800. The predicted molar refractivity (Wildman–Crippen MR) is 66.5 cm³/mol. The molecule has 0 rings (SSSR count). The molecule has 0 spiro atoms. The quantitative estimate of drug-likeness (QED) is 0.677. The molecule has 0 aromatic rings. The van der Waals surface area contributed by atoms with Crippen molar-refractivity contribution in [1.82, 2.24) is 0 Å². The van der Waals surface area contributed by atoms with E-state index in [1.54, 1.807) is 0 Å². The van der Waals surface area contributed by atoms with Crippen molar-refractivity contribution in [3.8, 4) is 0 Å². The van der Waals surface area contributed by atoms with Crippen molar-refractivity contribution in [3.63, 3.8) is 0 Å². The first-order valence-electron chi connectivity index (χ1n) is 5.07. The second-order valence-corrected chi connectivity index (χ2v) is 15.4. The molecule has 13 heavy (non-hydrogen) atoms. The molecule has 0 aromatic heterocycles. The van der Waals surface area contributed by atoms with E-state index in [0.717, 1.165) is 0 Å². The van der Waals surface area contributed by atoms with Crippen molar-refractivity contribution in [2.24, 2.45) is 0 Å². The molecule has 0 aliphatic rings. The van der Waals surface area contributed by atoms with E-state index in [-0.39, 0.29) is 0 Å². The van der Waals surface area contributed by atoms with Crippen LogP contribution in [0.25, 0.3) is 0 Å². The van der Waals surface area contributed by atoms with Gasteiger partial charge < -0.3 is 5.11 Å². The zero-order chi connectivity index (χ0) is 10.5. The molecule has 0 unspecified atom stereocenters. The first-order valence-corrected chi connectivity index (χ1v) is 11.8. The summed E-state index contributed by atoms with van der Waals surface area (Å²) in [5.74, 6) is 0. The SMILES string of the molecule is C=C[Si](C)(C)CCC[Si](C)(C)CO. The minimum atomic E-state index is -1.25. The Labute approximate surface area is 84.9 Å². The maximum absolute atomic E-state index is 9.13. The van der Waals surface area contributed by atoms with Crippen LogP contribution in [0.2, 0.25) is 38.3 Å². The normalized spacial score (nSPS) is 13.0. The van der Waals surface area contributed by atoms with Crippen LogP contribution in [0, 0.1) is 0 Å². The van der Waals surface area contributed by atoms with E-state index in [1.807, 2.05) is 0 Å². The Balaban J connectivity index is 3.74. The van der Waals surface area contributed by atoms with E-state index >= 15 is 0 Å². The Morgan fingerprint density at radius 2 is 1.69 bits per heavy atom. The first-order chi connectivity index (χ1) is 5.83. The van der Waals surface area contributed by atoms with Gasteiger partial charge in [0.1, 0.15) is 0 Å². The highest BCUT2D eigenvalue weighted by atomic mass is 28.3. The van der Waals surface area contributed by atoms with Crippen LogP contribution in [0.4, 0.5) is 0 Å². The summed E-state index contributed by atoms with van der Waals surface area (Å²) in [7, 11) is -2.33. The van der Waals surface area contributed by atoms with Gasteiger partial charge in [0, 0.05) is 6.23 Å². The summed E-state index contributed by atoms with van der Waals surface area (Å²) in [6.07, 6.45) is 1.72. The summed E-state index contributed by atoms with van der Waals surface area (Å²) in [5.41, 5.74) is 2.17. The number of aliphatic hydroxyl groups is 1. The molecule has 0 saturated carbocycles. The molecule has 0 aliphatic carbocycles. The molecule has 1 nitrogen and oxygen atoms in total. The smallest absolute Gasteiger partial charge is 0.0772 e. The van der Waals surface area contributed by atoms with Crippen molar-refractivity contribution in [1.29, 1.82) is 0 Å². The lowest BCUT2D eigenvalue weighted by Gasteiger charge is -2.22. The molecular weight excluding hydrogens is 192 g/mol. The Bertz CT molecular complexity index is 164. The van der Waals surface area contributed by atoms with E-state index in [1.165, 1.54) is 18.5 Å². The van der Waals surface area contributed by atoms with Gasteiger partial charge in [0.05, 0.1) is 16.1 Å². The summed E-state index contributed by atoms with van der Waals surface area (Å²) >= 11 is 0. The molecule has 0 fully saturated rings. The van der Waals surface area contributed by atoms with E-state index in [2.05, 4.69) is 38.5 Å². The summed E-state index contributed by atoms with van der Waals surface area (Å²) in [6.45, 7) is 13.1. The van der Waals surface area contributed by atoms with Crippen LogP contribution in [0.1, 0.15) is 6.42 Å². The lowest BCUT2D eigenvalue weighted by Crippen LogP contribution is -2.32. The fourth-order valence-corrected chi connectivity index (χ4v) is 4.14. The number of rotatable bonds is 6. The standard InChI is InChI=1S/C10H24OSi2/c1-6-12(2,3)8-7-9-13(4,5)10-11/h6,11H,1,7-10H2,2-5H3. The molecule has 0 bridgehead atoms. The highest BCUT2D eigenvalue weighted by Crippen LogP contribution is 2.19. The molecule has 0 aromatic carbocycles. The largest absolute Gasteiger partial charge is 0.400 e. The summed E-state index contributed by atoms with van der Waals surface area (Å²) < 4.78 is 0. The molecule has 0 heterocycles. The molecular formula is C10H24OSi2. The van der Waals surface area contributed by atoms with Crippen LogP contribution in [0.15, 0.2) is 12.3 Å². The van der Waals surface area contributed by atoms with Gasteiger partial charge in [-0.25, -0.2) is 0 Å².